The fourth-order valence-electron chi connectivity index (χ4n) is 2.75. The van der Waals surface area contributed by atoms with E-state index < -0.39 is 0 Å². The van der Waals surface area contributed by atoms with E-state index in [1.165, 1.54) is 12.8 Å². The monoisotopic (exact) mass is 352 g/mol. The van der Waals surface area contributed by atoms with Crippen LogP contribution < -0.4 is 0 Å². The van der Waals surface area contributed by atoms with Gasteiger partial charge in [-0.2, -0.15) is 0 Å². The van der Waals surface area contributed by atoms with E-state index >= 15 is 0 Å². The highest BCUT2D eigenvalue weighted by Gasteiger charge is 2.30. The third-order valence-corrected chi connectivity index (χ3v) is 5.23. The quantitative estimate of drug-likeness (QED) is 0.459. The molecular weight excluding hydrogens is 332 g/mol. The third-order valence-electron chi connectivity index (χ3n) is 4.25. The van der Waals surface area contributed by atoms with Gasteiger partial charge < -0.3 is 8.98 Å². The molecule has 2 heterocycles. The number of hydrogen-bond acceptors (Lipinski definition) is 5. The first kappa shape index (κ1) is 16.1. The molecule has 0 N–H and O–H groups in total. The van der Waals surface area contributed by atoms with Gasteiger partial charge in [-0.25, -0.2) is 4.98 Å². The van der Waals surface area contributed by atoms with Crippen molar-refractivity contribution in [2.75, 3.05) is 0 Å². The molecule has 6 heteroatoms. The molecule has 0 atom stereocenters. The number of benzene rings is 1. The van der Waals surface area contributed by atoms with Crippen molar-refractivity contribution in [3.8, 4) is 11.5 Å². The lowest BCUT2D eigenvalue weighted by atomic mass is 10.2. The first-order valence-electron chi connectivity index (χ1n) is 8.44. The number of thioether (sulfide) groups is 1. The molecule has 0 unspecified atom stereocenters. The lowest BCUT2D eigenvalue weighted by Gasteiger charge is -2.06. The molecule has 1 fully saturated rings. The Balaban J connectivity index is 1.52. The normalized spacial score (nSPS) is 14.0. The Hall–Kier alpha value is -2.34. The molecule has 4 rings (SSSR count). The summed E-state index contributed by atoms with van der Waals surface area (Å²) < 4.78 is 8.01. The fraction of sp³-hybridized carbons (Fsp3) is 0.316. The van der Waals surface area contributed by atoms with Crippen LogP contribution in [0.15, 0.2) is 52.6 Å². The molecule has 0 radical (unpaired) electrons. The van der Waals surface area contributed by atoms with Crippen LogP contribution in [0, 0.1) is 6.92 Å². The van der Waals surface area contributed by atoms with Gasteiger partial charge in [0, 0.05) is 23.8 Å². The number of allylic oxidation sites excluding steroid dienone is 1. The van der Waals surface area contributed by atoms with Gasteiger partial charge in [0.15, 0.2) is 5.16 Å². The third kappa shape index (κ3) is 3.39. The van der Waals surface area contributed by atoms with Crippen molar-refractivity contribution < 1.29 is 4.42 Å². The number of hydrogen-bond donors (Lipinski definition) is 0. The highest BCUT2D eigenvalue weighted by Crippen LogP contribution is 2.40. The van der Waals surface area contributed by atoms with Gasteiger partial charge in [0.25, 0.3) is 0 Å². The second-order valence-corrected chi connectivity index (χ2v) is 7.13. The summed E-state index contributed by atoms with van der Waals surface area (Å²) in [6.45, 7) is 6.56. The Kier molecular flexibility index (Phi) is 4.44. The van der Waals surface area contributed by atoms with E-state index in [9.17, 15) is 0 Å². The number of aromatic nitrogens is 4. The van der Waals surface area contributed by atoms with Crippen molar-refractivity contribution in [2.24, 2.45) is 0 Å². The Bertz CT molecular complexity index is 880. The van der Waals surface area contributed by atoms with Crippen LogP contribution in [0.25, 0.3) is 11.5 Å². The van der Waals surface area contributed by atoms with Crippen LogP contribution in [0.1, 0.15) is 36.0 Å². The fourth-order valence-corrected chi connectivity index (χ4v) is 3.71. The average Bonchev–Trinajstić information content (AvgIpc) is 3.30. The summed E-state index contributed by atoms with van der Waals surface area (Å²) in [4.78, 5) is 4.66. The number of rotatable bonds is 7. The summed E-state index contributed by atoms with van der Waals surface area (Å²) in [5, 5.41) is 9.68. The summed E-state index contributed by atoms with van der Waals surface area (Å²) in [5.74, 6) is 3.88. The Morgan fingerprint density at radius 3 is 2.80 bits per heavy atom. The zero-order valence-electron chi connectivity index (χ0n) is 14.2. The van der Waals surface area contributed by atoms with Crippen molar-refractivity contribution >= 4 is 11.8 Å². The maximum Gasteiger partial charge on any atom is 0.226 e. The van der Waals surface area contributed by atoms with Gasteiger partial charge in [0.2, 0.25) is 5.89 Å². The van der Waals surface area contributed by atoms with E-state index in [0.717, 1.165) is 34.5 Å². The average molecular weight is 352 g/mol. The molecule has 1 saturated carbocycles. The molecule has 5 nitrogen and oxygen atoms in total. The minimum absolute atomic E-state index is 0.570. The molecule has 2 aromatic heterocycles. The topological polar surface area (TPSA) is 56.7 Å². The van der Waals surface area contributed by atoms with Crippen LogP contribution >= 0.6 is 11.8 Å². The summed E-state index contributed by atoms with van der Waals surface area (Å²) in [5.41, 5.74) is 1.94. The first-order valence-corrected chi connectivity index (χ1v) is 9.43. The van der Waals surface area contributed by atoms with Gasteiger partial charge >= 0.3 is 0 Å². The summed E-state index contributed by atoms with van der Waals surface area (Å²) in [6, 6.07) is 9.97. The molecule has 0 saturated heterocycles. The molecule has 1 aromatic carbocycles. The second-order valence-electron chi connectivity index (χ2n) is 6.19. The standard InChI is InChI=1S/C19H20N4OS/c1-3-11-23-17(14-9-10-14)21-22-19(23)25-12-16-13(2)24-18(20-16)15-7-5-4-6-8-15/h3-8,14H,1,9-12H2,2H3. The van der Waals surface area contributed by atoms with Crippen molar-refractivity contribution in [1.29, 1.82) is 0 Å². The van der Waals surface area contributed by atoms with Gasteiger partial charge in [-0.3, -0.25) is 0 Å². The van der Waals surface area contributed by atoms with Crippen LogP contribution in [0.5, 0.6) is 0 Å². The predicted molar refractivity (Wildman–Crippen MR) is 98.4 cm³/mol. The zero-order chi connectivity index (χ0) is 17.2. The lowest BCUT2D eigenvalue weighted by Crippen LogP contribution is -2.02. The van der Waals surface area contributed by atoms with Gasteiger partial charge in [0.05, 0.1) is 5.69 Å². The Morgan fingerprint density at radius 1 is 1.28 bits per heavy atom. The molecule has 0 aliphatic heterocycles. The van der Waals surface area contributed by atoms with E-state index in [2.05, 4.69) is 26.3 Å². The van der Waals surface area contributed by atoms with Crippen molar-refractivity contribution in [2.45, 2.75) is 43.1 Å². The van der Waals surface area contributed by atoms with Crippen LogP contribution in [0.2, 0.25) is 0 Å². The first-order chi connectivity index (χ1) is 12.3. The van der Waals surface area contributed by atoms with Gasteiger partial charge in [-0.15, -0.1) is 16.8 Å². The molecule has 25 heavy (non-hydrogen) atoms. The predicted octanol–water partition coefficient (Wildman–Crippen LogP) is 4.60. The van der Waals surface area contributed by atoms with Crippen LogP contribution in [0.3, 0.4) is 0 Å². The minimum Gasteiger partial charge on any atom is -0.441 e. The van der Waals surface area contributed by atoms with Gasteiger partial charge in [-0.05, 0) is 31.9 Å². The molecule has 3 aromatic rings. The lowest BCUT2D eigenvalue weighted by molar-refractivity contribution is 0.540. The highest BCUT2D eigenvalue weighted by atomic mass is 32.2. The molecule has 128 valence electrons. The Morgan fingerprint density at radius 2 is 2.08 bits per heavy atom. The number of aryl methyl sites for hydroxylation is 1. The van der Waals surface area contributed by atoms with E-state index in [-0.39, 0.29) is 0 Å². The zero-order valence-corrected chi connectivity index (χ0v) is 15.0. The summed E-state index contributed by atoms with van der Waals surface area (Å²) in [6.07, 6.45) is 4.32. The summed E-state index contributed by atoms with van der Waals surface area (Å²) in [7, 11) is 0. The van der Waals surface area contributed by atoms with Gasteiger partial charge in [-0.1, -0.05) is 36.0 Å². The number of nitrogens with zero attached hydrogens (tertiary/aromatic N) is 4. The van der Waals surface area contributed by atoms with E-state index in [4.69, 9.17) is 4.42 Å². The molecule has 1 aliphatic rings. The van der Waals surface area contributed by atoms with Crippen molar-refractivity contribution in [1.82, 2.24) is 19.7 Å². The smallest absolute Gasteiger partial charge is 0.226 e. The molecule has 0 spiro atoms. The van der Waals surface area contributed by atoms with E-state index in [1.54, 1.807) is 11.8 Å². The minimum atomic E-state index is 0.570. The number of oxazole rings is 1. The molecule has 0 amide bonds. The SMILES string of the molecule is C=CCn1c(SCc2nc(-c3ccccc3)oc2C)nnc1C1CC1. The van der Waals surface area contributed by atoms with Gasteiger partial charge in [0.1, 0.15) is 11.6 Å². The largest absolute Gasteiger partial charge is 0.441 e. The second kappa shape index (κ2) is 6.88. The van der Waals surface area contributed by atoms with Crippen LogP contribution in [-0.4, -0.2) is 19.7 Å². The maximum atomic E-state index is 5.84. The maximum absolute atomic E-state index is 5.84. The van der Waals surface area contributed by atoms with Crippen LogP contribution in [-0.2, 0) is 12.3 Å². The van der Waals surface area contributed by atoms with Crippen LogP contribution in [0.4, 0.5) is 0 Å². The van der Waals surface area contributed by atoms with Crippen molar-refractivity contribution in [3.05, 3.63) is 60.3 Å². The molecule has 1 aliphatic carbocycles. The molecule has 0 bridgehead atoms. The molecular formula is C19H20N4OS. The van der Waals surface area contributed by atoms with Crippen molar-refractivity contribution in [3.63, 3.8) is 0 Å². The summed E-state index contributed by atoms with van der Waals surface area (Å²) >= 11 is 1.65. The van der Waals surface area contributed by atoms with E-state index in [1.807, 2.05) is 43.3 Å². The highest BCUT2D eigenvalue weighted by molar-refractivity contribution is 7.98. The van der Waals surface area contributed by atoms with E-state index in [0.29, 0.717) is 17.6 Å². The Labute approximate surface area is 151 Å².